The SMILES string of the molecule is COc1ccccc1Sc1c(NS(=O)(=O)c2ccc(C(C)(C)C)cc2)nc(CO)nc1OC. The lowest BCUT2D eigenvalue weighted by molar-refractivity contribution is 0.267. The summed E-state index contributed by atoms with van der Waals surface area (Å²) in [5, 5.41) is 9.58. The molecule has 0 spiro atoms. The molecule has 1 aromatic heterocycles. The number of benzene rings is 2. The van der Waals surface area contributed by atoms with E-state index >= 15 is 0 Å². The van der Waals surface area contributed by atoms with Crippen LogP contribution in [0, 0.1) is 0 Å². The van der Waals surface area contributed by atoms with Crippen molar-refractivity contribution in [1.29, 1.82) is 0 Å². The fourth-order valence-electron chi connectivity index (χ4n) is 2.98. The number of methoxy groups -OCH3 is 2. The van der Waals surface area contributed by atoms with Crippen LogP contribution in [-0.4, -0.2) is 37.7 Å². The highest BCUT2D eigenvalue weighted by Gasteiger charge is 2.24. The predicted octanol–water partition coefficient (Wildman–Crippen LogP) is 4.24. The number of sulfonamides is 1. The van der Waals surface area contributed by atoms with Crippen LogP contribution in [0.4, 0.5) is 5.82 Å². The predicted molar refractivity (Wildman–Crippen MR) is 128 cm³/mol. The van der Waals surface area contributed by atoms with Gasteiger partial charge < -0.3 is 14.6 Å². The summed E-state index contributed by atoms with van der Waals surface area (Å²) in [6.07, 6.45) is 0. The van der Waals surface area contributed by atoms with Gasteiger partial charge in [-0.15, -0.1) is 0 Å². The van der Waals surface area contributed by atoms with Crippen LogP contribution in [0.2, 0.25) is 0 Å². The first-order chi connectivity index (χ1) is 15.6. The maximum Gasteiger partial charge on any atom is 0.263 e. The van der Waals surface area contributed by atoms with E-state index < -0.39 is 16.6 Å². The molecule has 0 saturated carbocycles. The Morgan fingerprint density at radius 3 is 2.24 bits per heavy atom. The first-order valence-electron chi connectivity index (χ1n) is 10.1. The molecular formula is C23H27N3O5S2. The Morgan fingerprint density at radius 2 is 1.67 bits per heavy atom. The van der Waals surface area contributed by atoms with Gasteiger partial charge in [-0.3, -0.25) is 4.72 Å². The largest absolute Gasteiger partial charge is 0.496 e. The zero-order valence-electron chi connectivity index (χ0n) is 19.1. The number of aliphatic hydroxyl groups excluding tert-OH is 1. The molecule has 3 aromatic rings. The molecule has 10 heteroatoms. The normalized spacial score (nSPS) is 11.8. The van der Waals surface area contributed by atoms with E-state index in [9.17, 15) is 13.5 Å². The average Bonchev–Trinajstić information content (AvgIpc) is 2.79. The lowest BCUT2D eigenvalue weighted by atomic mass is 9.87. The summed E-state index contributed by atoms with van der Waals surface area (Å²) >= 11 is 1.19. The molecule has 0 fully saturated rings. The second kappa shape index (κ2) is 9.98. The number of hydrogen-bond donors (Lipinski definition) is 2. The molecule has 0 saturated heterocycles. The van der Waals surface area contributed by atoms with E-state index in [0.717, 1.165) is 5.56 Å². The fraction of sp³-hybridized carbons (Fsp3) is 0.304. The zero-order valence-corrected chi connectivity index (χ0v) is 20.8. The average molecular weight is 490 g/mol. The summed E-state index contributed by atoms with van der Waals surface area (Å²) in [5.41, 5.74) is 0.907. The van der Waals surface area contributed by atoms with Crippen LogP contribution in [0.25, 0.3) is 0 Å². The van der Waals surface area contributed by atoms with E-state index in [1.54, 1.807) is 37.4 Å². The topological polar surface area (TPSA) is 111 Å². The van der Waals surface area contributed by atoms with Crippen LogP contribution in [0.15, 0.2) is 63.2 Å². The molecule has 0 amide bonds. The Bertz CT molecular complexity index is 1220. The molecule has 2 aromatic carbocycles. The van der Waals surface area contributed by atoms with Gasteiger partial charge in [0.15, 0.2) is 11.6 Å². The van der Waals surface area contributed by atoms with Gasteiger partial charge in [0.05, 0.1) is 24.0 Å². The molecule has 0 aliphatic carbocycles. The molecule has 2 N–H and O–H groups in total. The minimum atomic E-state index is -3.98. The van der Waals surface area contributed by atoms with Crippen LogP contribution in [0.5, 0.6) is 11.6 Å². The highest BCUT2D eigenvalue weighted by Crippen LogP contribution is 2.42. The van der Waals surface area contributed by atoms with E-state index in [0.29, 0.717) is 15.5 Å². The monoisotopic (exact) mass is 489 g/mol. The number of hydrogen-bond acceptors (Lipinski definition) is 8. The van der Waals surface area contributed by atoms with Crippen molar-refractivity contribution >= 4 is 27.6 Å². The quantitative estimate of drug-likeness (QED) is 0.484. The third-order valence-corrected chi connectivity index (χ3v) is 7.24. The van der Waals surface area contributed by atoms with Crippen LogP contribution < -0.4 is 14.2 Å². The molecule has 0 aliphatic rings. The Labute approximate surface area is 198 Å². The third-order valence-electron chi connectivity index (χ3n) is 4.76. The summed E-state index contributed by atoms with van der Waals surface area (Å²) in [5.74, 6) is 0.756. The van der Waals surface area contributed by atoms with Crippen molar-refractivity contribution in [3.63, 3.8) is 0 Å². The number of ether oxygens (including phenoxy) is 2. The van der Waals surface area contributed by atoms with Gasteiger partial charge >= 0.3 is 0 Å². The second-order valence-electron chi connectivity index (χ2n) is 8.12. The van der Waals surface area contributed by atoms with Crippen molar-refractivity contribution in [1.82, 2.24) is 9.97 Å². The zero-order chi connectivity index (χ0) is 24.2. The summed E-state index contributed by atoms with van der Waals surface area (Å²) in [6.45, 7) is 5.68. The first kappa shape index (κ1) is 24.8. The number of aliphatic hydroxyl groups is 1. The molecule has 0 radical (unpaired) electrons. The number of rotatable bonds is 8. The minimum Gasteiger partial charge on any atom is -0.496 e. The molecule has 176 valence electrons. The van der Waals surface area contributed by atoms with Gasteiger partial charge in [0.2, 0.25) is 5.88 Å². The number of anilines is 1. The number of para-hydroxylation sites is 1. The van der Waals surface area contributed by atoms with E-state index in [2.05, 4.69) is 35.5 Å². The summed E-state index contributed by atoms with van der Waals surface area (Å²) in [7, 11) is -1.01. The Hall–Kier alpha value is -2.82. The Balaban J connectivity index is 2.05. The van der Waals surface area contributed by atoms with Gasteiger partial charge in [-0.2, -0.15) is 4.98 Å². The lowest BCUT2D eigenvalue weighted by Gasteiger charge is -2.19. The number of nitrogens with zero attached hydrogens (tertiary/aromatic N) is 2. The maximum atomic E-state index is 13.2. The number of aromatic nitrogens is 2. The van der Waals surface area contributed by atoms with Gasteiger partial charge in [0.25, 0.3) is 10.0 Å². The van der Waals surface area contributed by atoms with E-state index in [-0.39, 0.29) is 27.8 Å². The van der Waals surface area contributed by atoms with Gasteiger partial charge in [-0.25, -0.2) is 13.4 Å². The Morgan fingerprint density at radius 1 is 1.00 bits per heavy atom. The molecule has 0 unspecified atom stereocenters. The minimum absolute atomic E-state index is 0.00158. The van der Waals surface area contributed by atoms with Crippen molar-refractivity contribution in [3.8, 4) is 11.6 Å². The molecule has 8 nitrogen and oxygen atoms in total. The smallest absolute Gasteiger partial charge is 0.263 e. The van der Waals surface area contributed by atoms with Crippen molar-refractivity contribution in [2.24, 2.45) is 0 Å². The van der Waals surface area contributed by atoms with Crippen molar-refractivity contribution in [2.75, 3.05) is 18.9 Å². The highest BCUT2D eigenvalue weighted by molar-refractivity contribution is 7.99. The van der Waals surface area contributed by atoms with Gasteiger partial charge in [0.1, 0.15) is 17.3 Å². The van der Waals surface area contributed by atoms with E-state index in [1.807, 2.05) is 18.2 Å². The van der Waals surface area contributed by atoms with Crippen LogP contribution >= 0.6 is 11.8 Å². The maximum absolute atomic E-state index is 13.2. The number of nitrogens with one attached hydrogen (secondary N) is 1. The van der Waals surface area contributed by atoms with Gasteiger partial charge in [0, 0.05) is 0 Å². The third kappa shape index (κ3) is 5.76. The summed E-state index contributed by atoms with van der Waals surface area (Å²) in [4.78, 5) is 9.56. The highest BCUT2D eigenvalue weighted by atomic mass is 32.2. The summed E-state index contributed by atoms with van der Waals surface area (Å²) < 4.78 is 39.7. The van der Waals surface area contributed by atoms with Gasteiger partial charge in [-0.1, -0.05) is 56.8 Å². The first-order valence-corrected chi connectivity index (χ1v) is 12.4. The van der Waals surface area contributed by atoms with Gasteiger partial charge in [-0.05, 0) is 35.2 Å². The van der Waals surface area contributed by atoms with Crippen LogP contribution in [0.1, 0.15) is 32.2 Å². The molecule has 33 heavy (non-hydrogen) atoms. The molecule has 3 rings (SSSR count). The summed E-state index contributed by atoms with van der Waals surface area (Å²) in [6, 6.07) is 14.0. The molecule has 1 heterocycles. The standard InChI is InChI=1S/C23H27N3O5S2/c1-23(2,3)15-10-12-16(13-11-15)33(28,29)26-21-20(22(31-5)25-19(14-27)24-21)32-18-9-7-6-8-17(18)30-4/h6-13,27H,14H2,1-5H3,(H,24,25,26). The van der Waals surface area contributed by atoms with Crippen molar-refractivity contribution in [3.05, 3.63) is 59.9 Å². The van der Waals surface area contributed by atoms with Crippen LogP contribution in [0.3, 0.4) is 0 Å². The Kier molecular flexibility index (Phi) is 7.51. The molecule has 0 aliphatic heterocycles. The second-order valence-corrected chi connectivity index (χ2v) is 10.9. The van der Waals surface area contributed by atoms with E-state index in [1.165, 1.54) is 18.9 Å². The molecule has 0 atom stereocenters. The molecular weight excluding hydrogens is 462 g/mol. The molecule has 0 bridgehead atoms. The van der Waals surface area contributed by atoms with Crippen molar-refractivity contribution in [2.45, 2.75) is 47.5 Å². The van der Waals surface area contributed by atoms with Crippen LogP contribution in [-0.2, 0) is 22.0 Å². The van der Waals surface area contributed by atoms with E-state index in [4.69, 9.17) is 9.47 Å². The fourth-order valence-corrected chi connectivity index (χ4v) is 5.08. The lowest BCUT2D eigenvalue weighted by Crippen LogP contribution is -2.17. The van der Waals surface area contributed by atoms with Crippen molar-refractivity contribution < 1.29 is 23.0 Å².